The van der Waals surface area contributed by atoms with Crippen molar-refractivity contribution in [3.8, 4) is 0 Å². The first-order valence-corrected chi connectivity index (χ1v) is 9.59. The Balaban J connectivity index is 0.000000240. The second-order valence-electron chi connectivity index (χ2n) is 8.09. The smallest absolute Gasteiger partial charge is 0.0595 e. The number of aryl methyl sites for hydroxylation is 1. The fourth-order valence-corrected chi connectivity index (χ4v) is 2.62. The van der Waals surface area contributed by atoms with Gasteiger partial charge in [-0.3, -0.25) is 0 Å². The minimum atomic E-state index is 0.133. The lowest BCUT2D eigenvalue weighted by atomic mass is 9.86. The molecule has 0 spiro atoms. The zero-order chi connectivity index (χ0) is 18.7. The second kappa shape index (κ2) is 8.25. The number of hydrogen-bond acceptors (Lipinski definition) is 0. The molecule has 0 bridgehead atoms. The van der Waals surface area contributed by atoms with Crippen molar-refractivity contribution in [2.45, 2.75) is 59.3 Å². The standard InChI is InChI=1S/C11H15Br.C10H12Cl2/c1-8-7-9(11(2,3)4)5-6-10(8)12;1-10(2,3)7-4-5-8(11)9(12)6-7/h5-7H,1-4H3;4-6H,1-3H3. The molecule has 0 atom stereocenters. The molecule has 0 nitrogen and oxygen atoms in total. The normalized spacial score (nSPS) is 11.8. The largest absolute Gasteiger partial charge is 0.0827 e. The summed E-state index contributed by atoms with van der Waals surface area (Å²) in [5, 5.41) is 1.24. The molecule has 0 unspecified atom stereocenters. The third kappa shape index (κ3) is 6.43. The molecule has 3 heteroatoms. The van der Waals surface area contributed by atoms with Gasteiger partial charge in [-0.2, -0.15) is 0 Å². The van der Waals surface area contributed by atoms with E-state index in [1.165, 1.54) is 21.2 Å². The van der Waals surface area contributed by atoms with Crippen LogP contribution in [-0.4, -0.2) is 0 Å². The molecule has 0 radical (unpaired) electrons. The van der Waals surface area contributed by atoms with Gasteiger partial charge in [0.05, 0.1) is 10.0 Å². The molecule has 0 heterocycles. The molecule has 0 aromatic heterocycles. The molecule has 2 aromatic rings. The van der Waals surface area contributed by atoms with Gasteiger partial charge in [0.1, 0.15) is 0 Å². The summed E-state index contributed by atoms with van der Waals surface area (Å²) in [6.07, 6.45) is 0. The van der Waals surface area contributed by atoms with Gasteiger partial charge in [-0.05, 0) is 52.6 Å². The average molecular weight is 430 g/mol. The summed E-state index contributed by atoms with van der Waals surface area (Å²) in [5.41, 5.74) is 4.29. The molecule has 0 saturated carbocycles. The molecule has 0 aliphatic carbocycles. The molecular weight excluding hydrogens is 403 g/mol. The zero-order valence-corrected chi connectivity index (χ0v) is 18.7. The van der Waals surface area contributed by atoms with Gasteiger partial charge in [-0.25, -0.2) is 0 Å². The summed E-state index contributed by atoms with van der Waals surface area (Å²) in [4.78, 5) is 0. The van der Waals surface area contributed by atoms with E-state index in [0.29, 0.717) is 10.0 Å². The van der Waals surface area contributed by atoms with Gasteiger partial charge < -0.3 is 0 Å². The molecule has 2 rings (SSSR count). The third-order valence-electron chi connectivity index (χ3n) is 3.81. The van der Waals surface area contributed by atoms with Gasteiger partial charge in [0.2, 0.25) is 0 Å². The van der Waals surface area contributed by atoms with Crippen LogP contribution in [0.1, 0.15) is 58.2 Å². The lowest BCUT2D eigenvalue weighted by Gasteiger charge is -2.19. The molecule has 132 valence electrons. The van der Waals surface area contributed by atoms with Crippen molar-refractivity contribution in [3.63, 3.8) is 0 Å². The van der Waals surface area contributed by atoms with Gasteiger partial charge in [0.25, 0.3) is 0 Å². The fourth-order valence-electron chi connectivity index (χ4n) is 2.07. The van der Waals surface area contributed by atoms with E-state index in [2.05, 4.69) is 82.6 Å². The Labute approximate surface area is 165 Å². The molecule has 0 aliphatic heterocycles. The van der Waals surface area contributed by atoms with E-state index >= 15 is 0 Å². The number of benzene rings is 2. The minimum absolute atomic E-state index is 0.133. The molecule has 0 amide bonds. The van der Waals surface area contributed by atoms with Crippen LogP contribution in [0.25, 0.3) is 0 Å². The summed E-state index contributed by atoms with van der Waals surface area (Å²) in [6, 6.07) is 12.3. The van der Waals surface area contributed by atoms with Gasteiger partial charge in [-0.1, -0.05) is 98.9 Å². The van der Waals surface area contributed by atoms with Gasteiger partial charge in [-0.15, -0.1) is 0 Å². The Morgan fingerprint density at radius 1 is 0.708 bits per heavy atom. The molecule has 0 saturated heterocycles. The SMILES string of the molecule is CC(C)(C)c1ccc(Cl)c(Cl)c1.Cc1cc(C(C)(C)C)ccc1Br. The molecule has 2 aromatic carbocycles. The average Bonchev–Trinajstić information content (AvgIpc) is 2.43. The summed E-state index contributed by atoms with van der Waals surface area (Å²) in [5.74, 6) is 0. The molecule has 0 aliphatic rings. The first-order valence-electron chi connectivity index (χ1n) is 8.04. The van der Waals surface area contributed by atoms with Crippen LogP contribution in [0.4, 0.5) is 0 Å². The van der Waals surface area contributed by atoms with Crippen LogP contribution < -0.4 is 0 Å². The number of hydrogen-bond donors (Lipinski definition) is 0. The van der Waals surface area contributed by atoms with Crippen molar-refractivity contribution in [1.29, 1.82) is 0 Å². The molecule has 0 fully saturated rings. The van der Waals surface area contributed by atoms with Crippen LogP contribution in [-0.2, 0) is 10.8 Å². The zero-order valence-electron chi connectivity index (χ0n) is 15.6. The Kier molecular flexibility index (Phi) is 7.41. The van der Waals surface area contributed by atoms with Crippen molar-refractivity contribution < 1.29 is 0 Å². The Morgan fingerprint density at radius 2 is 1.17 bits per heavy atom. The lowest BCUT2D eigenvalue weighted by Crippen LogP contribution is -2.10. The Morgan fingerprint density at radius 3 is 1.58 bits per heavy atom. The van der Waals surface area contributed by atoms with Gasteiger partial charge >= 0.3 is 0 Å². The molecule has 24 heavy (non-hydrogen) atoms. The van der Waals surface area contributed by atoms with E-state index in [1.807, 2.05) is 18.2 Å². The number of rotatable bonds is 0. The highest BCUT2D eigenvalue weighted by atomic mass is 79.9. The summed E-state index contributed by atoms with van der Waals surface area (Å²) >= 11 is 15.2. The van der Waals surface area contributed by atoms with E-state index in [-0.39, 0.29) is 10.8 Å². The highest BCUT2D eigenvalue weighted by molar-refractivity contribution is 9.10. The maximum atomic E-state index is 5.89. The molecular formula is C21H27BrCl2. The summed E-state index contributed by atoms with van der Waals surface area (Å²) < 4.78 is 1.19. The van der Waals surface area contributed by atoms with Crippen LogP contribution in [0.5, 0.6) is 0 Å². The Hall–Kier alpha value is -0.500. The molecule has 0 N–H and O–H groups in total. The van der Waals surface area contributed by atoms with Crippen molar-refractivity contribution in [2.24, 2.45) is 0 Å². The van der Waals surface area contributed by atoms with E-state index in [9.17, 15) is 0 Å². The second-order valence-corrected chi connectivity index (χ2v) is 9.76. The van der Waals surface area contributed by atoms with E-state index < -0.39 is 0 Å². The first kappa shape index (κ1) is 21.5. The van der Waals surface area contributed by atoms with E-state index in [4.69, 9.17) is 23.2 Å². The maximum absolute atomic E-state index is 5.89. The third-order valence-corrected chi connectivity index (χ3v) is 5.44. The topological polar surface area (TPSA) is 0 Å². The number of halogens is 3. The van der Waals surface area contributed by atoms with Crippen LogP contribution in [0.15, 0.2) is 40.9 Å². The summed E-state index contributed by atoms with van der Waals surface area (Å²) in [6.45, 7) is 15.3. The van der Waals surface area contributed by atoms with Crippen LogP contribution in [0.2, 0.25) is 10.0 Å². The fraction of sp³-hybridized carbons (Fsp3) is 0.429. The van der Waals surface area contributed by atoms with Crippen LogP contribution >= 0.6 is 39.1 Å². The van der Waals surface area contributed by atoms with Gasteiger partial charge in [0, 0.05) is 4.47 Å². The predicted molar refractivity (Wildman–Crippen MR) is 113 cm³/mol. The lowest BCUT2D eigenvalue weighted by molar-refractivity contribution is 0.589. The van der Waals surface area contributed by atoms with Gasteiger partial charge in [0.15, 0.2) is 0 Å². The monoisotopic (exact) mass is 428 g/mol. The Bertz CT molecular complexity index is 630. The first-order chi connectivity index (χ1) is 10.8. The highest BCUT2D eigenvalue weighted by Crippen LogP contribution is 2.29. The quantitative estimate of drug-likeness (QED) is 0.394. The minimum Gasteiger partial charge on any atom is -0.0827 e. The summed E-state index contributed by atoms with van der Waals surface area (Å²) in [7, 11) is 0. The van der Waals surface area contributed by atoms with Crippen molar-refractivity contribution in [2.75, 3.05) is 0 Å². The van der Waals surface area contributed by atoms with Crippen molar-refractivity contribution in [1.82, 2.24) is 0 Å². The van der Waals surface area contributed by atoms with Crippen LogP contribution in [0, 0.1) is 6.92 Å². The van der Waals surface area contributed by atoms with E-state index in [1.54, 1.807) is 0 Å². The van der Waals surface area contributed by atoms with E-state index in [0.717, 1.165) is 0 Å². The van der Waals surface area contributed by atoms with Crippen LogP contribution in [0.3, 0.4) is 0 Å². The predicted octanol–water partition coefficient (Wildman–Crippen LogP) is 8.35. The van der Waals surface area contributed by atoms with Crippen molar-refractivity contribution >= 4 is 39.1 Å². The maximum Gasteiger partial charge on any atom is 0.0595 e. The highest BCUT2D eigenvalue weighted by Gasteiger charge is 2.14. The van der Waals surface area contributed by atoms with Crippen molar-refractivity contribution in [3.05, 3.63) is 67.6 Å².